The molecule has 0 radical (unpaired) electrons. The molecular formula is C14H17BrF3N. The first kappa shape index (κ1) is 14.9. The van der Waals surface area contributed by atoms with Gasteiger partial charge in [-0.3, -0.25) is 0 Å². The topological polar surface area (TPSA) is 26.0 Å². The van der Waals surface area contributed by atoms with Crippen LogP contribution in [0.15, 0.2) is 22.7 Å². The predicted octanol–water partition coefficient (Wildman–Crippen LogP) is 5.05. The zero-order valence-electron chi connectivity index (χ0n) is 10.5. The van der Waals surface area contributed by atoms with Gasteiger partial charge in [-0.15, -0.1) is 0 Å². The molecular weight excluding hydrogens is 319 g/mol. The van der Waals surface area contributed by atoms with Crippen LogP contribution in [0.25, 0.3) is 0 Å². The van der Waals surface area contributed by atoms with Gasteiger partial charge in [-0.2, -0.15) is 13.2 Å². The smallest absolute Gasteiger partial charge is 0.324 e. The maximum atomic E-state index is 12.7. The molecule has 0 saturated heterocycles. The largest absolute Gasteiger partial charge is 0.416 e. The molecule has 1 nitrogen and oxygen atoms in total. The van der Waals surface area contributed by atoms with Crippen molar-refractivity contribution in [2.75, 3.05) is 0 Å². The predicted molar refractivity (Wildman–Crippen MR) is 72.6 cm³/mol. The minimum Gasteiger partial charge on any atom is -0.324 e. The first-order valence-corrected chi connectivity index (χ1v) is 7.31. The summed E-state index contributed by atoms with van der Waals surface area (Å²) in [6.45, 7) is 0. The summed E-state index contributed by atoms with van der Waals surface area (Å²) in [6.07, 6.45) is 1.13. The van der Waals surface area contributed by atoms with Gasteiger partial charge in [-0.25, -0.2) is 0 Å². The average molecular weight is 336 g/mol. The second kappa shape index (κ2) is 5.83. The quantitative estimate of drug-likeness (QED) is 0.804. The lowest BCUT2D eigenvalue weighted by Gasteiger charge is -2.28. The van der Waals surface area contributed by atoms with Crippen LogP contribution in [-0.4, -0.2) is 0 Å². The number of hydrogen-bond donors (Lipinski definition) is 1. The van der Waals surface area contributed by atoms with Crippen LogP contribution in [0.2, 0.25) is 0 Å². The summed E-state index contributed by atoms with van der Waals surface area (Å²) in [4.78, 5) is 0. The Labute approximate surface area is 119 Å². The molecule has 19 heavy (non-hydrogen) atoms. The van der Waals surface area contributed by atoms with E-state index >= 15 is 0 Å². The van der Waals surface area contributed by atoms with Crippen molar-refractivity contribution in [2.24, 2.45) is 11.7 Å². The zero-order chi connectivity index (χ0) is 14.0. The normalized spacial score (nSPS) is 19.4. The zero-order valence-corrected chi connectivity index (χ0v) is 12.1. The third kappa shape index (κ3) is 3.51. The highest BCUT2D eigenvalue weighted by Gasteiger charge is 2.32. The molecule has 0 aromatic heterocycles. The molecule has 1 aliphatic carbocycles. The van der Waals surface area contributed by atoms with Crippen molar-refractivity contribution in [1.82, 2.24) is 0 Å². The Kier molecular flexibility index (Phi) is 4.56. The third-order valence-electron chi connectivity index (χ3n) is 3.84. The molecule has 5 heteroatoms. The Balaban J connectivity index is 2.27. The summed E-state index contributed by atoms with van der Waals surface area (Å²) in [7, 11) is 0. The summed E-state index contributed by atoms with van der Waals surface area (Å²) < 4.78 is 38.9. The van der Waals surface area contributed by atoms with Crippen molar-refractivity contribution < 1.29 is 13.2 Å². The van der Waals surface area contributed by atoms with E-state index in [1.807, 2.05) is 0 Å². The van der Waals surface area contributed by atoms with Gasteiger partial charge >= 0.3 is 6.18 Å². The molecule has 2 rings (SSSR count). The van der Waals surface area contributed by atoms with E-state index in [2.05, 4.69) is 15.9 Å². The summed E-state index contributed by atoms with van der Waals surface area (Å²) >= 11 is 3.32. The molecule has 0 aliphatic heterocycles. The maximum Gasteiger partial charge on any atom is 0.416 e. The van der Waals surface area contributed by atoms with E-state index in [9.17, 15) is 13.2 Å². The van der Waals surface area contributed by atoms with Gasteiger partial charge in [0, 0.05) is 10.5 Å². The van der Waals surface area contributed by atoms with Gasteiger partial charge in [0.1, 0.15) is 0 Å². The molecule has 0 spiro atoms. The molecule has 1 fully saturated rings. The van der Waals surface area contributed by atoms with Crippen LogP contribution in [0.1, 0.15) is 49.3 Å². The van der Waals surface area contributed by atoms with Crippen LogP contribution in [0.4, 0.5) is 13.2 Å². The molecule has 2 N–H and O–H groups in total. The average Bonchev–Trinajstić information content (AvgIpc) is 2.38. The Morgan fingerprint density at radius 3 is 2.37 bits per heavy atom. The molecule has 0 amide bonds. The number of halogens is 4. The van der Waals surface area contributed by atoms with Gasteiger partial charge < -0.3 is 5.73 Å². The number of rotatable bonds is 2. The number of benzene rings is 1. The summed E-state index contributed by atoms with van der Waals surface area (Å²) in [6, 6.07) is 3.39. The van der Waals surface area contributed by atoms with Gasteiger partial charge in [0.25, 0.3) is 0 Å². The van der Waals surface area contributed by atoms with Crippen LogP contribution in [0, 0.1) is 5.92 Å². The molecule has 1 aromatic carbocycles. The second-order valence-electron chi connectivity index (χ2n) is 5.16. The fourth-order valence-corrected chi connectivity index (χ4v) is 3.23. The number of alkyl halides is 3. The highest BCUT2D eigenvalue weighted by Crippen LogP contribution is 2.38. The van der Waals surface area contributed by atoms with E-state index in [1.54, 1.807) is 0 Å². The van der Waals surface area contributed by atoms with E-state index in [-0.39, 0.29) is 12.0 Å². The highest BCUT2D eigenvalue weighted by atomic mass is 79.9. The van der Waals surface area contributed by atoms with Crippen LogP contribution in [0.3, 0.4) is 0 Å². The molecule has 0 unspecified atom stereocenters. The van der Waals surface area contributed by atoms with Crippen molar-refractivity contribution in [3.8, 4) is 0 Å². The first-order valence-electron chi connectivity index (χ1n) is 6.52. The minimum absolute atomic E-state index is 0.286. The standard InChI is InChI=1S/C14H17BrF3N/c15-12-7-6-10(14(16,17)18)8-11(12)13(19)9-4-2-1-3-5-9/h6-9,13H,1-5,19H2/t13-/m0/s1. The Morgan fingerprint density at radius 1 is 1.16 bits per heavy atom. The third-order valence-corrected chi connectivity index (χ3v) is 4.56. The van der Waals surface area contributed by atoms with Crippen molar-refractivity contribution in [3.63, 3.8) is 0 Å². The first-order chi connectivity index (χ1) is 8.89. The van der Waals surface area contributed by atoms with E-state index in [1.165, 1.54) is 18.6 Å². The fraction of sp³-hybridized carbons (Fsp3) is 0.571. The Bertz CT molecular complexity index is 439. The van der Waals surface area contributed by atoms with Crippen LogP contribution in [0.5, 0.6) is 0 Å². The van der Waals surface area contributed by atoms with Crippen LogP contribution in [-0.2, 0) is 6.18 Å². The summed E-state index contributed by atoms with van der Waals surface area (Å²) in [5, 5.41) is 0. The Hall–Kier alpha value is -0.550. The fourth-order valence-electron chi connectivity index (χ4n) is 2.72. The molecule has 1 saturated carbocycles. The number of hydrogen-bond acceptors (Lipinski definition) is 1. The van der Waals surface area contributed by atoms with Gasteiger partial charge in [0.15, 0.2) is 0 Å². The van der Waals surface area contributed by atoms with E-state index in [4.69, 9.17) is 5.73 Å². The molecule has 1 aliphatic rings. The van der Waals surface area contributed by atoms with Crippen LogP contribution < -0.4 is 5.73 Å². The number of nitrogens with two attached hydrogens (primary N) is 1. The summed E-state index contributed by atoms with van der Waals surface area (Å²) in [5.41, 5.74) is 6.13. The lowest BCUT2D eigenvalue weighted by molar-refractivity contribution is -0.137. The van der Waals surface area contributed by atoms with Gasteiger partial charge in [0.05, 0.1) is 5.56 Å². The maximum absolute atomic E-state index is 12.7. The van der Waals surface area contributed by atoms with Crippen molar-refractivity contribution in [2.45, 2.75) is 44.3 Å². The van der Waals surface area contributed by atoms with Gasteiger partial charge in [-0.05, 0) is 42.5 Å². The van der Waals surface area contributed by atoms with E-state index < -0.39 is 11.7 Å². The minimum atomic E-state index is -4.32. The molecule has 0 heterocycles. The van der Waals surface area contributed by atoms with Gasteiger partial charge in [0.2, 0.25) is 0 Å². The van der Waals surface area contributed by atoms with Crippen molar-refractivity contribution >= 4 is 15.9 Å². The van der Waals surface area contributed by atoms with Gasteiger partial charge in [-0.1, -0.05) is 35.2 Å². The molecule has 106 valence electrons. The summed E-state index contributed by atoms with van der Waals surface area (Å²) in [5.74, 6) is 0.286. The second-order valence-corrected chi connectivity index (χ2v) is 6.01. The monoisotopic (exact) mass is 335 g/mol. The molecule has 0 bridgehead atoms. The van der Waals surface area contributed by atoms with E-state index in [0.717, 1.165) is 31.7 Å². The molecule has 1 aromatic rings. The highest BCUT2D eigenvalue weighted by molar-refractivity contribution is 9.10. The van der Waals surface area contributed by atoms with Crippen molar-refractivity contribution in [1.29, 1.82) is 0 Å². The van der Waals surface area contributed by atoms with Crippen molar-refractivity contribution in [3.05, 3.63) is 33.8 Å². The lowest BCUT2D eigenvalue weighted by atomic mass is 9.81. The SMILES string of the molecule is N[C@H](c1cc(C(F)(F)F)ccc1Br)C1CCCCC1. The molecule has 1 atom stereocenters. The Morgan fingerprint density at radius 2 is 1.79 bits per heavy atom. The van der Waals surface area contributed by atoms with Crippen LogP contribution >= 0.6 is 15.9 Å². The van der Waals surface area contributed by atoms with E-state index in [0.29, 0.717) is 10.0 Å². The lowest BCUT2D eigenvalue weighted by Crippen LogP contribution is -2.24.